The fraction of sp³-hybridized carbons (Fsp3) is 0.200. The minimum Gasteiger partial charge on any atom is -0.0683 e. The molecular formula is C100H122. The molecule has 14 aromatic rings. The molecule has 14 aromatic carbocycles. The molecule has 0 fully saturated rings. The fourth-order valence-corrected chi connectivity index (χ4v) is 9.61. The van der Waals surface area contributed by atoms with Crippen LogP contribution < -0.4 is 0 Å². The minimum atomic E-state index is 1.26. The monoisotopic (exact) mass is 1320 g/mol. The van der Waals surface area contributed by atoms with Crippen molar-refractivity contribution in [1.29, 1.82) is 0 Å². The zero-order valence-corrected chi connectivity index (χ0v) is 64.8. The third-order valence-corrected chi connectivity index (χ3v) is 13.8. The second-order valence-corrected chi connectivity index (χ2v) is 19.2. The Morgan fingerprint density at radius 1 is 0.110 bits per heavy atom. The van der Waals surface area contributed by atoms with Gasteiger partial charge in [-0.05, 0) is 112 Å². The molecule has 0 atom stereocenters. The number of benzene rings is 14. The Balaban J connectivity index is 0.00000115. The molecule has 0 aliphatic carbocycles. The molecule has 0 N–H and O–H groups in total. The molecule has 100 heavy (non-hydrogen) atoms. The summed E-state index contributed by atoms with van der Waals surface area (Å²) in [5.41, 5.74) is 17.8. The van der Waals surface area contributed by atoms with E-state index >= 15 is 0 Å². The quantitative estimate of drug-likeness (QED) is 0.149. The molecule has 0 saturated carbocycles. The summed E-state index contributed by atoms with van der Waals surface area (Å²) >= 11 is 0. The van der Waals surface area contributed by atoms with Crippen LogP contribution in [0.4, 0.5) is 0 Å². The van der Waals surface area contributed by atoms with Crippen molar-refractivity contribution in [1.82, 2.24) is 0 Å². The smallest absolute Gasteiger partial charge is 0.0105 e. The van der Waals surface area contributed by atoms with Crippen LogP contribution in [-0.2, 0) is 0 Å². The van der Waals surface area contributed by atoms with Gasteiger partial charge >= 0.3 is 0 Å². The lowest BCUT2D eigenvalue weighted by Crippen LogP contribution is -1.80. The van der Waals surface area contributed by atoms with Crippen molar-refractivity contribution >= 4 is 21.5 Å². The van der Waals surface area contributed by atoms with E-state index in [0.29, 0.717) is 0 Å². The SMILES string of the molecule is CC.CC.CC.CC.CC.CC.CC.CC.CC.CC.c1ccc(-c2ccc(-c3ccccc3)cc2)cc1.c1ccc(-c2ccc3ccccc3c2)cc1.c1ccc(-c2cccc(-c3ccccc3)c2)cc1.c1ccc(-c2cccc3ccccc23)cc1.c1ccc(-c2ccccc2)cc1. The molecule has 0 nitrogen and oxygen atoms in total. The first-order valence-electron chi connectivity index (χ1n) is 37.3. The van der Waals surface area contributed by atoms with Crippen LogP contribution in [0.3, 0.4) is 0 Å². The van der Waals surface area contributed by atoms with E-state index in [1.54, 1.807) is 0 Å². The average molecular weight is 1320 g/mol. The molecule has 14 rings (SSSR count). The molecule has 0 spiro atoms. The normalized spacial score (nSPS) is 8.80. The van der Waals surface area contributed by atoms with E-state index in [9.17, 15) is 0 Å². The van der Waals surface area contributed by atoms with Gasteiger partial charge in [-0.3, -0.25) is 0 Å². The fourth-order valence-electron chi connectivity index (χ4n) is 9.61. The molecule has 0 saturated heterocycles. The van der Waals surface area contributed by atoms with E-state index in [0.717, 1.165) is 0 Å². The molecule has 0 bridgehead atoms. The van der Waals surface area contributed by atoms with Gasteiger partial charge in [0.15, 0.2) is 0 Å². The minimum absolute atomic E-state index is 1.26. The van der Waals surface area contributed by atoms with Gasteiger partial charge in [0.05, 0.1) is 0 Å². The standard InChI is InChI=1S/2C18H14.2C16H12.C12H10.10C2H6/c1-3-8-15(9-4-1)17-12-7-13-18(14-17)16-10-5-2-6-11-16;1-3-7-15(8-4-1)17-11-13-18(14-12-17)16-9-5-2-6-10-16;1-2-7-13(8-3-1)16-12-6-10-14-9-4-5-11-15(14)16;1-2-6-13(7-3-1)16-11-10-14-8-4-5-9-15(14)12-16;1-3-7-11(8-4-1)12-9-5-2-6-10-12;10*1-2/h2*1-14H;2*1-12H;1-10H;10*1-2H3. The predicted molar refractivity (Wildman–Crippen MR) is 459 cm³/mol. The van der Waals surface area contributed by atoms with Crippen LogP contribution >= 0.6 is 0 Å². The van der Waals surface area contributed by atoms with Crippen LogP contribution in [0.2, 0.25) is 0 Å². The average Bonchev–Trinajstić information content (AvgIpc) is 0.843. The molecule has 0 aliphatic heterocycles. The lowest BCUT2D eigenvalue weighted by atomic mass is 9.98. The third-order valence-electron chi connectivity index (χ3n) is 13.8. The van der Waals surface area contributed by atoms with Crippen molar-refractivity contribution in [2.24, 2.45) is 0 Å². The highest BCUT2D eigenvalue weighted by molar-refractivity contribution is 5.96. The summed E-state index contributed by atoms with van der Waals surface area (Å²) in [6.07, 6.45) is 0. The largest absolute Gasteiger partial charge is 0.0683 e. The van der Waals surface area contributed by atoms with Crippen molar-refractivity contribution in [2.75, 3.05) is 0 Å². The maximum absolute atomic E-state index is 2.24. The Bertz CT molecular complexity index is 3870. The highest BCUT2D eigenvalue weighted by Crippen LogP contribution is 2.30. The van der Waals surface area contributed by atoms with Crippen molar-refractivity contribution in [3.63, 3.8) is 0 Å². The number of rotatable bonds is 7. The highest BCUT2D eigenvalue weighted by atomic mass is 14.1. The van der Waals surface area contributed by atoms with Gasteiger partial charge in [-0.2, -0.15) is 0 Å². The Hall–Kier alpha value is -10.4. The van der Waals surface area contributed by atoms with Gasteiger partial charge < -0.3 is 0 Å². The van der Waals surface area contributed by atoms with E-state index in [-0.39, 0.29) is 0 Å². The molecule has 522 valence electrons. The zero-order valence-electron chi connectivity index (χ0n) is 64.8. The highest BCUT2D eigenvalue weighted by Gasteiger charge is 2.04. The lowest BCUT2D eigenvalue weighted by molar-refractivity contribution is 1.50. The Kier molecular flexibility index (Phi) is 54.6. The van der Waals surface area contributed by atoms with Crippen molar-refractivity contribution in [3.05, 3.63) is 376 Å². The lowest BCUT2D eigenvalue weighted by Gasteiger charge is -2.06. The van der Waals surface area contributed by atoms with Gasteiger partial charge in [0.25, 0.3) is 0 Å². The summed E-state index contributed by atoms with van der Waals surface area (Å²) in [7, 11) is 0. The predicted octanol–water partition coefficient (Wildman–Crippen LogP) is 32.7. The van der Waals surface area contributed by atoms with E-state index < -0.39 is 0 Å². The van der Waals surface area contributed by atoms with Crippen molar-refractivity contribution in [3.8, 4) is 77.9 Å². The van der Waals surface area contributed by atoms with Gasteiger partial charge in [0.2, 0.25) is 0 Å². The second-order valence-electron chi connectivity index (χ2n) is 19.2. The van der Waals surface area contributed by atoms with E-state index in [2.05, 4.69) is 334 Å². The Labute approximate surface area is 610 Å². The summed E-state index contributed by atoms with van der Waals surface area (Å²) in [6, 6.07) is 131. The summed E-state index contributed by atoms with van der Waals surface area (Å²) in [5, 5.41) is 5.20. The van der Waals surface area contributed by atoms with Crippen LogP contribution in [-0.4, -0.2) is 0 Å². The van der Waals surface area contributed by atoms with Crippen LogP contribution in [0.5, 0.6) is 0 Å². The molecule has 0 amide bonds. The zero-order chi connectivity index (χ0) is 74.2. The van der Waals surface area contributed by atoms with Gasteiger partial charge in [-0.1, -0.05) is 502 Å². The van der Waals surface area contributed by atoms with Crippen LogP contribution in [0.15, 0.2) is 376 Å². The first kappa shape index (κ1) is 89.6. The van der Waals surface area contributed by atoms with E-state index in [1.165, 1.54) is 99.4 Å². The van der Waals surface area contributed by atoms with E-state index in [1.807, 2.05) is 181 Å². The third kappa shape index (κ3) is 32.3. The van der Waals surface area contributed by atoms with Crippen LogP contribution in [0.25, 0.3) is 99.4 Å². The number of hydrogen-bond donors (Lipinski definition) is 0. The van der Waals surface area contributed by atoms with E-state index in [4.69, 9.17) is 0 Å². The number of fused-ring (bicyclic) bond motifs is 2. The first-order chi connectivity index (χ1) is 49.7. The maximum atomic E-state index is 2.24. The summed E-state index contributed by atoms with van der Waals surface area (Å²) in [6.45, 7) is 40.0. The van der Waals surface area contributed by atoms with Gasteiger partial charge in [0.1, 0.15) is 0 Å². The summed E-state index contributed by atoms with van der Waals surface area (Å²) in [5.74, 6) is 0. The van der Waals surface area contributed by atoms with Crippen molar-refractivity contribution < 1.29 is 0 Å². The van der Waals surface area contributed by atoms with Gasteiger partial charge in [-0.25, -0.2) is 0 Å². The van der Waals surface area contributed by atoms with Crippen LogP contribution in [0, 0.1) is 0 Å². The molecule has 0 radical (unpaired) electrons. The molecule has 0 aromatic heterocycles. The van der Waals surface area contributed by atoms with Gasteiger partial charge in [-0.15, -0.1) is 0 Å². The molecule has 0 unspecified atom stereocenters. The molecule has 0 heteroatoms. The Morgan fingerprint density at radius 2 is 0.300 bits per heavy atom. The topological polar surface area (TPSA) is 0 Å². The summed E-state index contributed by atoms with van der Waals surface area (Å²) in [4.78, 5) is 0. The Morgan fingerprint density at radius 3 is 0.610 bits per heavy atom. The summed E-state index contributed by atoms with van der Waals surface area (Å²) < 4.78 is 0. The molecule has 0 aliphatic rings. The van der Waals surface area contributed by atoms with Crippen molar-refractivity contribution in [2.45, 2.75) is 138 Å². The second kappa shape index (κ2) is 61.0. The number of hydrogen-bond acceptors (Lipinski definition) is 0. The van der Waals surface area contributed by atoms with Crippen LogP contribution in [0.1, 0.15) is 138 Å². The maximum Gasteiger partial charge on any atom is -0.0105 e. The molecular weight excluding hydrogens is 1200 g/mol. The van der Waals surface area contributed by atoms with Gasteiger partial charge in [0, 0.05) is 0 Å². The molecule has 0 heterocycles. The first-order valence-corrected chi connectivity index (χ1v) is 37.3.